The van der Waals surface area contributed by atoms with Crippen LogP contribution in [0.25, 0.3) is 0 Å². The Balaban J connectivity index is 1.91. The van der Waals surface area contributed by atoms with Crippen molar-refractivity contribution >= 4 is 11.7 Å². The van der Waals surface area contributed by atoms with Crippen LogP contribution in [-0.2, 0) is 6.54 Å². The number of benzene rings is 1. The molecule has 6 nitrogen and oxygen atoms in total. The predicted molar refractivity (Wildman–Crippen MR) is 73.6 cm³/mol. The van der Waals surface area contributed by atoms with Crippen molar-refractivity contribution in [3.05, 3.63) is 47.5 Å². The summed E-state index contributed by atoms with van der Waals surface area (Å²) in [5.41, 5.74) is 2.56. The largest absolute Gasteiger partial charge is 0.476 e. The minimum Gasteiger partial charge on any atom is -0.476 e. The first-order chi connectivity index (χ1) is 9.60. The summed E-state index contributed by atoms with van der Waals surface area (Å²) < 4.78 is 1.72. The summed E-state index contributed by atoms with van der Waals surface area (Å²) in [5, 5.41) is 20.8. The number of nitrogens with zero attached hydrogens (tertiary/aromatic N) is 3. The van der Waals surface area contributed by atoms with Gasteiger partial charge in [-0.05, 0) is 30.7 Å². The highest BCUT2D eigenvalue weighted by molar-refractivity contribution is 5.84. The van der Waals surface area contributed by atoms with Gasteiger partial charge in [0.15, 0.2) is 5.69 Å². The molecule has 0 aliphatic rings. The maximum Gasteiger partial charge on any atom is 0.356 e. The summed E-state index contributed by atoms with van der Waals surface area (Å²) in [6.07, 6.45) is 2.99. The van der Waals surface area contributed by atoms with E-state index in [1.54, 1.807) is 10.6 Å². The first-order valence-electron chi connectivity index (χ1n) is 6.10. The molecule has 2 rings (SSSR count). The number of hydrogen-bond acceptors (Lipinski definition) is 4. The normalized spacial score (nSPS) is 10.0. The molecule has 0 atom stereocenters. The van der Waals surface area contributed by atoms with Crippen molar-refractivity contribution < 1.29 is 9.90 Å². The van der Waals surface area contributed by atoms with E-state index in [4.69, 9.17) is 10.4 Å². The minimum absolute atomic E-state index is 0.0409. The second-order valence-electron chi connectivity index (χ2n) is 4.37. The Morgan fingerprint density at radius 3 is 2.95 bits per heavy atom. The number of hydrogen-bond donors (Lipinski definition) is 2. The molecule has 0 aliphatic heterocycles. The van der Waals surface area contributed by atoms with Crippen LogP contribution in [0.1, 0.15) is 21.6 Å². The van der Waals surface area contributed by atoms with E-state index in [0.717, 1.165) is 11.3 Å². The third-order valence-corrected chi connectivity index (χ3v) is 2.90. The summed E-state index contributed by atoms with van der Waals surface area (Å²) in [6.45, 7) is 3.14. The first-order valence-corrected chi connectivity index (χ1v) is 6.10. The van der Waals surface area contributed by atoms with Gasteiger partial charge in [-0.25, -0.2) is 9.78 Å². The smallest absolute Gasteiger partial charge is 0.356 e. The summed E-state index contributed by atoms with van der Waals surface area (Å²) in [6, 6.07) is 7.66. The second kappa shape index (κ2) is 5.89. The highest BCUT2D eigenvalue weighted by atomic mass is 16.4. The number of aromatic nitrogens is 2. The molecule has 0 aliphatic carbocycles. The molecule has 1 aromatic carbocycles. The monoisotopic (exact) mass is 270 g/mol. The summed E-state index contributed by atoms with van der Waals surface area (Å²) in [5.74, 6) is -1.03. The molecule has 6 heteroatoms. The van der Waals surface area contributed by atoms with Crippen molar-refractivity contribution in [2.75, 3.05) is 11.9 Å². The number of carboxylic acids is 1. The molecule has 1 heterocycles. The second-order valence-corrected chi connectivity index (χ2v) is 4.37. The van der Waals surface area contributed by atoms with Crippen molar-refractivity contribution in [2.45, 2.75) is 13.5 Å². The van der Waals surface area contributed by atoms with E-state index in [0.29, 0.717) is 18.7 Å². The molecule has 0 spiro atoms. The van der Waals surface area contributed by atoms with E-state index in [1.165, 1.54) is 12.5 Å². The van der Waals surface area contributed by atoms with Crippen molar-refractivity contribution in [2.24, 2.45) is 0 Å². The van der Waals surface area contributed by atoms with E-state index < -0.39 is 5.97 Å². The van der Waals surface area contributed by atoms with Crippen LogP contribution in [0.4, 0.5) is 5.69 Å². The number of anilines is 1. The predicted octanol–water partition coefficient (Wildman–Crippen LogP) is 1.87. The molecule has 0 unspecified atom stereocenters. The molecule has 0 amide bonds. The van der Waals surface area contributed by atoms with Crippen molar-refractivity contribution in [1.82, 2.24) is 9.55 Å². The van der Waals surface area contributed by atoms with Crippen LogP contribution in [0, 0.1) is 18.3 Å². The number of imidazole rings is 1. The van der Waals surface area contributed by atoms with Gasteiger partial charge in [0.1, 0.15) is 0 Å². The van der Waals surface area contributed by atoms with Gasteiger partial charge in [0, 0.05) is 25.0 Å². The van der Waals surface area contributed by atoms with Gasteiger partial charge in [0.05, 0.1) is 18.0 Å². The molecule has 1 aromatic heterocycles. The van der Waals surface area contributed by atoms with Gasteiger partial charge < -0.3 is 15.0 Å². The van der Waals surface area contributed by atoms with Gasteiger partial charge in [-0.1, -0.05) is 0 Å². The zero-order valence-electron chi connectivity index (χ0n) is 11.0. The zero-order chi connectivity index (χ0) is 14.5. The Morgan fingerprint density at radius 2 is 2.35 bits per heavy atom. The van der Waals surface area contributed by atoms with E-state index in [-0.39, 0.29) is 5.69 Å². The van der Waals surface area contributed by atoms with Gasteiger partial charge in [0.2, 0.25) is 0 Å². The average molecular weight is 270 g/mol. The zero-order valence-corrected chi connectivity index (χ0v) is 11.0. The lowest BCUT2D eigenvalue weighted by atomic mass is 10.1. The quantitative estimate of drug-likeness (QED) is 0.865. The Bertz CT molecular complexity index is 670. The van der Waals surface area contributed by atoms with Gasteiger partial charge in [0.25, 0.3) is 0 Å². The number of nitrogens with one attached hydrogen (secondary N) is 1. The van der Waals surface area contributed by atoms with E-state index in [9.17, 15) is 4.79 Å². The summed E-state index contributed by atoms with van der Waals surface area (Å²) in [4.78, 5) is 14.5. The van der Waals surface area contributed by atoms with Gasteiger partial charge in [-0.2, -0.15) is 5.26 Å². The van der Waals surface area contributed by atoms with Crippen molar-refractivity contribution in [3.63, 3.8) is 0 Å². The highest BCUT2D eigenvalue weighted by Crippen LogP contribution is 2.14. The number of carbonyl (C=O) groups is 1. The number of rotatable bonds is 5. The lowest BCUT2D eigenvalue weighted by Crippen LogP contribution is -2.09. The van der Waals surface area contributed by atoms with Gasteiger partial charge in [-0.15, -0.1) is 0 Å². The maximum absolute atomic E-state index is 10.7. The fraction of sp³-hybridized carbons (Fsp3) is 0.214. The molecule has 0 fully saturated rings. The number of aromatic carboxylic acids is 1. The summed E-state index contributed by atoms with van der Waals surface area (Å²) >= 11 is 0. The third-order valence-electron chi connectivity index (χ3n) is 2.90. The van der Waals surface area contributed by atoms with Crippen LogP contribution < -0.4 is 5.32 Å². The number of nitriles is 1. The Kier molecular flexibility index (Phi) is 4.01. The molecule has 102 valence electrons. The minimum atomic E-state index is -1.03. The Labute approximate surface area is 116 Å². The molecular weight excluding hydrogens is 256 g/mol. The lowest BCUT2D eigenvalue weighted by Gasteiger charge is -2.08. The van der Waals surface area contributed by atoms with Crippen LogP contribution >= 0.6 is 0 Å². The molecule has 0 radical (unpaired) electrons. The fourth-order valence-corrected chi connectivity index (χ4v) is 1.82. The van der Waals surface area contributed by atoms with E-state index in [2.05, 4.69) is 16.4 Å². The average Bonchev–Trinajstić information content (AvgIpc) is 2.88. The van der Waals surface area contributed by atoms with Gasteiger partial charge >= 0.3 is 5.97 Å². The highest BCUT2D eigenvalue weighted by Gasteiger charge is 2.05. The lowest BCUT2D eigenvalue weighted by molar-refractivity contribution is 0.0691. The van der Waals surface area contributed by atoms with Crippen LogP contribution in [0.2, 0.25) is 0 Å². The standard InChI is InChI=1S/C14H14N4O2/c1-10-6-12(3-2-11(10)7-15)16-4-5-18-8-13(14(19)20)17-9-18/h2-3,6,8-9,16H,4-5H2,1H3,(H,19,20). The van der Waals surface area contributed by atoms with Crippen molar-refractivity contribution in [3.8, 4) is 6.07 Å². The van der Waals surface area contributed by atoms with Crippen LogP contribution in [-0.4, -0.2) is 27.2 Å². The van der Waals surface area contributed by atoms with E-state index in [1.807, 2.05) is 19.1 Å². The molecule has 20 heavy (non-hydrogen) atoms. The third kappa shape index (κ3) is 3.14. The number of carboxylic acid groups (broad SMARTS) is 1. The Morgan fingerprint density at radius 1 is 1.55 bits per heavy atom. The molecule has 0 bridgehead atoms. The molecule has 2 aromatic rings. The molecule has 0 saturated carbocycles. The van der Waals surface area contributed by atoms with Gasteiger partial charge in [-0.3, -0.25) is 0 Å². The maximum atomic E-state index is 10.7. The topological polar surface area (TPSA) is 90.9 Å². The SMILES string of the molecule is Cc1cc(NCCn2cnc(C(=O)O)c2)ccc1C#N. The van der Waals surface area contributed by atoms with Crippen molar-refractivity contribution in [1.29, 1.82) is 5.26 Å². The summed E-state index contributed by atoms with van der Waals surface area (Å²) in [7, 11) is 0. The Hall–Kier alpha value is -2.81. The van der Waals surface area contributed by atoms with Crippen LogP contribution in [0.15, 0.2) is 30.7 Å². The number of aryl methyl sites for hydroxylation is 1. The first kappa shape index (κ1) is 13.6. The molecule has 2 N–H and O–H groups in total. The van der Waals surface area contributed by atoms with E-state index >= 15 is 0 Å². The fourth-order valence-electron chi connectivity index (χ4n) is 1.82. The molecule has 0 saturated heterocycles. The van der Waals surface area contributed by atoms with Crippen LogP contribution in [0.3, 0.4) is 0 Å². The van der Waals surface area contributed by atoms with Crippen LogP contribution in [0.5, 0.6) is 0 Å². The molecular formula is C14H14N4O2.